The minimum atomic E-state index is -0.123. The first-order chi connectivity index (χ1) is 13.3. The van der Waals surface area contributed by atoms with E-state index in [9.17, 15) is 4.79 Å². The van der Waals surface area contributed by atoms with Crippen LogP contribution in [0.5, 0.6) is 5.95 Å². The average molecular weight is 364 g/mol. The quantitative estimate of drug-likeness (QED) is 0.707. The van der Waals surface area contributed by atoms with Gasteiger partial charge in [0.15, 0.2) is 5.76 Å². The summed E-state index contributed by atoms with van der Waals surface area (Å²) >= 11 is 0. The van der Waals surface area contributed by atoms with Crippen molar-refractivity contribution in [1.82, 2.24) is 19.9 Å². The molecular weight excluding hydrogens is 344 g/mol. The van der Waals surface area contributed by atoms with E-state index in [1.165, 1.54) is 7.11 Å². The van der Waals surface area contributed by atoms with Crippen molar-refractivity contribution in [3.05, 3.63) is 60.6 Å². The molecular formula is C20H20N4O3. The molecule has 0 aliphatic carbocycles. The van der Waals surface area contributed by atoms with E-state index < -0.39 is 0 Å². The highest BCUT2D eigenvalue weighted by Gasteiger charge is 2.29. The molecule has 0 spiro atoms. The third-order valence-electron chi connectivity index (χ3n) is 4.82. The van der Waals surface area contributed by atoms with Crippen molar-refractivity contribution >= 4 is 5.91 Å². The van der Waals surface area contributed by atoms with E-state index in [0.29, 0.717) is 24.8 Å². The number of aromatic nitrogens is 3. The molecule has 7 heteroatoms. The number of furan rings is 1. The Bertz CT molecular complexity index is 926. The van der Waals surface area contributed by atoms with E-state index in [-0.39, 0.29) is 11.8 Å². The fourth-order valence-corrected chi connectivity index (χ4v) is 3.50. The van der Waals surface area contributed by atoms with Gasteiger partial charge >= 0.3 is 0 Å². The van der Waals surface area contributed by atoms with Gasteiger partial charge in [-0.05, 0) is 36.6 Å². The maximum Gasteiger partial charge on any atom is 0.289 e. The number of ether oxygens (including phenoxy) is 1. The van der Waals surface area contributed by atoms with Crippen LogP contribution in [0.15, 0.2) is 53.6 Å². The highest BCUT2D eigenvalue weighted by atomic mass is 16.6. The molecule has 27 heavy (non-hydrogen) atoms. The second-order valence-corrected chi connectivity index (χ2v) is 6.47. The largest absolute Gasteiger partial charge is 0.468 e. The Hall–Kier alpha value is -3.22. The number of nitrogens with zero attached hydrogens (tertiary/aromatic N) is 4. The molecule has 7 nitrogen and oxygen atoms in total. The van der Waals surface area contributed by atoms with Crippen molar-refractivity contribution in [2.75, 3.05) is 20.2 Å². The van der Waals surface area contributed by atoms with Gasteiger partial charge in [0.25, 0.3) is 11.9 Å². The van der Waals surface area contributed by atoms with E-state index in [4.69, 9.17) is 9.15 Å². The summed E-state index contributed by atoms with van der Waals surface area (Å²) in [5.41, 5.74) is 2.98. The van der Waals surface area contributed by atoms with Crippen molar-refractivity contribution in [2.24, 2.45) is 0 Å². The number of amides is 1. The van der Waals surface area contributed by atoms with Crippen molar-refractivity contribution in [3.8, 4) is 17.1 Å². The molecule has 0 bridgehead atoms. The summed E-state index contributed by atoms with van der Waals surface area (Å²) in [4.78, 5) is 27.4. The van der Waals surface area contributed by atoms with Gasteiger partial charge in [-0.25, -0.2) is 9.97 Å². The highest BCUT2D eigenvalue weighted by molar-refractivity contribution is 5.91. The number of hydrogen-bond acceptors (Lipinski definition) is 6. The summed E-state index contributed by atoms with van der Waals surface area (Å²) in [6.45, 7) is 1.30. The Morgan fingerprint density at radius 3 is 2.85 bits per heavy atom. The third-order valence-corrected chi connectivity index (χ3v) is 4.82. The molecule has 0 radical (unpaired) electrons. The van der Waals surface area contributed by atoms with Crippen molar-refractivity contribution in [1.29, 1.82) is 0 Å². The zero-order valence-corrected chi connectivity index (χ0v) is 15.0. The Balaban J connectivity index is 1.58. The van der Waals surface area contributed by atoms with Gasteiger partial charge in [0.1, 0.15) is 6.33 Å². The first-order valence-corrected chi connectivity index (χ1v) is 8.89. The van der Waals surface area contributed by atoms with Gasteiger partial charge in [-0.1, -0.05) is 0 Å². The number of rotatable bonds is 4. The van der Waals surface area contributed by atoms with Crippen LogP contribution in [-0.2, 0) is 0 Å². The van der Waals surface area contributed by atoms with Crippen molar-refractivity contribution in [3.63, 3.8) is 0 Å². The Kier molecular flexibility index (Phi) is 4.82. The van der Waals surface area contributed by atoms with Crippen LogP contribution in [-0.4, -0.2) is 46.0 Å². The lowest BCUT2D eigenvalue weighted by Crippen LogP contribution is -2.39. The summed E-state index contributed by atoms with van der Waals surface area (Å²) in [7, 11) is 1.51. The zero-order chi connectivity index (χ0) is 18.6. The molecule has 138 valence electrons. The molecule has 3 aromatic heterocycles. The second-order valence-electron chi connectivity index (χ2n) is 6.47. The van der Waals surface area contributed by atoms with Crippen LogP contribution < -0.4 is 4.74 Å². The van der Waals surface area contributed by atoms with Crippen LogP contribution in [0, 0.1) is 0 Å². The third kappa shape index (κ3) is 3.53. The summed E-state index contributed by atoms with van der Waals surface area (Å²) in [5, 5.41) is 0. The minimum absolute atomic E-state index is 0.123. The number of methoxy groups -OCH3 is 1. The van der Waals surface area contributed by atoms with Crippen molar-refractivity contribution < 1.29 is 13.9 Å². The minimum Gasteiger partial charge on any atom is -0.468 e. The van der Waals surface area contributed by atoms with Crippen LogP contribution in [0.3, 0.4) is 0 Å². The Morgan fingerprint density at radius 1 is 1.22 bits per heavy atom. The number of carbonyl (C=O) groups is 1. The molecule has 0 unspecified atom stereocenters. The standard InChI is InChI=1S/C20H20N4O3/c1-26-18-5-4-17(27-18)20(25)24-10-2-3-15(12-24)19-16(11-22-13-23-19)14-6-8-21-9-7-14/h4-9,11,13,15H,2-3,10,12H2,1H3/t15-/m1/s1. The van der Waals surface area contributed by atoms with Gasteiger partial charge in [-0.2, -0.15) is 0 Å². The van der Waals surface area contributed by atoms with E-state index in [1.807, 2.05) is 23.2 Å². The van der Waals surface area contributed by atoms with E-state index in [2.05, 4.69) is 15.0 Å². The van der Waals surface area contributed by atoms with Crippen LogP contribution in [0.1, 0.15) is 35.0 Å². The summed E-state index contributed by atoms with van der Waals surface area (Å²) in [5.74, 6) is 0.653. The van der Waals surface area contributed by atoms with E-state index in [0.717, 1.165) is 29.7 Å². The van der Waals surface area contributed by atoms with E-state index in [1.54, 1.807) is 30.9 Å². The number of carbonyl (C=O) groups excluding carboxylic acids is 1. The zero-order valence-electron chi connectivity index (χ0n) is 15.0. The van der Waals surface area contributed by atoms with Gasteiger partial charge in [-0.3, -0.25) is 9.78 Å². The van der Waals surface area contributed by atoms with Gasteiger partial charge in [0.05, 0.1) is 12.8 Å². The van der Waals surface area contributed by atoms with Gasteiger partial charge in [-0.15, -0.1) is 0 Å². The van der Waals surface area contributed by atoms with Gasteiger partial charge in [0, 0.05) is 49.2 Å². The molecule has 1 amide bonds. The molecule has 4 rings (SSSR count). The maximum atomic E-state index is 12.8. The predicted octanol–water partition coefficient (Wildman–Crippen LogP) is 3.16. The summed E-state index contributed by atoms with van der Waals surface area (Å²) in [6.07, 6.45) is 8.79. The number of piperidine rings is 1. The molecule has 1 saturated heterocycles. The van der Waals surface area contributed by atoms with Crippen LogP contribution >= 0.6 is 0 Å². The van der Waals surface area contributed by atoms with Crippen LogP contribution in [0.2, 0.25) is 0 Å². The SMILES string of the molecule is COc1ccc(C(=O)N2CCC[C@@H](c3ncncc3-c3ccncc3)C2)o1. The lowest BCUT2D eigenvalue weighted by molar-refractivity contribution is 0.0667. The Labute approximate surface area is 157 Å². The molecule has 3 aromatic rings. The summed E-state index contributed by atoms with van der Waals surface area (Å²) in [6, 6.07) is 7.20. The fourth-order valence-electron chi connectivity index (χ4n) is 3.50. The number of pyridine rings is 1. The normalized spacial score (nSPS) is 16.9. The lowest BCUT2D eigenvalue weighted by atomic mass is 9.90. The number of hydrogen-bond donors (Lipinski definition) is 0. The second kappa shape index (κ2) is 7.57. The van der Waals surface area contributed by atoms with Crippen LogP contribution in [0.25, 0.3) is 11.1 Å². The topological polar surface area (TPSA) is 81.4 Å². The lowest BCUT2D eigenvalue weighted by Gasteiger charge is -2.32. The predicted molar refractivity (Wildman–Crippen MR) is 98.4 cm³/mol. The molecule has 0 saturated carbocycles. The molecule has 1 atom stereocenters. The number of likely N-dealkylation sites (tertiary alicyclic amines) is 1. The first kappa shape index (κ1) is 17.2. The van der Waals surface area contributed by atoms with Crippen LogP contribution in [0.4, 0.5) is 0 Å². The molecule has 0 aromatic carbocycles. The summed E-state index contributed by atoms with van der Waals surface area (Å²) < 4.78 is 10.5. The van der Waals surface area contributed by atoms with Crippen molar-refractivity contribution in [2.45, 2.75) is 18.8 Å². The van der Waals surface area contributed by atoms with Gasteiger partial charge in [0.2, 0.25) is 0 Å². The Morgan fingerprint density at radius 2 is 2.07 bits per heavy atom. The van der Waals surface area contributed by atoms with E-state index >= 15 is 0 Å². The average Bonchev–Trinajstić information content (AvgIpc) is 3.23. The molecule has 1 aliphatic rings. The highest BCUT2D eigenvalue weighted by Crippen LogP contribution is 2.33. The fraction of sp³-hybridized carbons (Fsp3) is 0.300. The molecule has 1 fully saturated rings. The first-order valence-electron chi connectivity index (χ1n) is 8.89. The van der Waals surface area contributed by atoms with Gasteiger partial charge < -0.3 is 14.1 Å². The molecule has 1 aliphatic heterocycles. The maximum absolute atomic E-state index is 12.8. The monoisotopic (exact) mass is 364 g/mol. The smallest absolute Gasteiger partial charge is 0.289 e. The molecule has 4 heterocycles. The molecule has 0 N–H and O–H groups in total.